The predicted molar refractivity (Wildman–Crippen MR) is 140 cm³/mol. The van der Waals surface area contributed by atoms with Gasteiger partial charge in [0.25, 0.3) is 5.91 Å². The molecule has 11 nitrogen and oxygen atoms in total. The molecule has 0 atom stereocenters. The number of aryl methyl sites for hydroxylation is 1. The number of aromatic nitrogens is 6. The molecule has 4 aromatic rings. The van der Waals surface area contributed by atoms with Crippen molar-refractivity contribution >= 4 is 23.2 Å². The zero-order valence-corrected chi connectivity index (χ0v) is 21.5. The summed E-state index contributed by atoms with van der Waals surface area (Å²) in [6.07, 6.45) is 7.94. The summed E-state index contributed by atoms with van der Waals surface area (Å²) in [5.74, 6) is -0.0512. The first-order chi connectivity index (χ1) is 18.3. The summed E-state index contributed by atoms with van der Waals surface area (Å²) in [5.41, 5.74) is 10.1. The number of nitrogen functional groups attached to an aromatic ring is 1. The van der Waals surface area contributed by atoms with Gasteiger partial charge in [-0.2, -0.15) is 14.7 Å². The Balaban J connectivity index is 1.36. The number of hydrogen-bond acceptors (Lipinski definition) is 8. The number of pyridine rings is 1. The van der Waals surface area contributed by atoms with Crippen LogP contribution >= 0.6 is 0 Å². The minimum absolute atomic E-state index is 0.0434. The van der Waals surface area contributed by atoms with Gasteiger partial charge in [-0.05, 0) is 37.8 Å². The Morgan fingerprint density at radius 2 is 1.89 bits per heavy atom. The molecule has 5 heterocycles. The van der Waals surface area contributed by atoms with Crippen molar-refractivity contribution in [3.8, 4) is 22.5 Å². The van der Waals surface area contributed by atoms with Crippen LogP contribution in [0.15, 0.2) is 36.8 Å². The van der Waals surface area contributed by atoms with E-state index in [9.17, 15) is 14.7 Å². The van der Waals surface area contributed by atoms with Gasteiger partial charge in [-0.25, -0.2) is 4.98 Å². The lowest BCUT2D eigenvalue weighted by Gasteiger charge is -2.33. The van der Waals surface area contributed by atoms with E-state index >= 15 is 0 Å². The molecular formula is C27H30N8O3. The monoisotopic (exact) mass is 514 g/mol. The molecule has 11 heteroatoms. The lowest BCUT2D eigenvalue weighted by atomic mass is 9.88. The second kappa shape index (κ2) is 9.02. The molecule has 0 radical (unpaired) electrons. The number of hydrogen-bond donors (Lipinski definition) is 2. The number of carbonyl (C=O) groups is 2. The third-order valence-corrected chi connectivity index (χ3v) is 7.65. The van der Waals surface area contributed by atoms with E-state index in [1.165, 1.54) is 4.52 Å². The summed E-state index contributed by atoms with van der Waals surface area (Å²) in [6.45, 7) is 2.81. The molecule has 6 rings (SSSR count). The zero-order valence-electron chi connectivity index (χ0n) is 21.5. The highest BCUT2D eigenvalue weighted by atomic mass is 16.3. The van der Waals surface area contributed by atoms with Gasteiger partial charge in [0.05, 0.1) is 23.1 Å². The molecular weight excluding hydrogens is 484 g/mol. The third-order valence-electron chi connectivity index (χ3n) is 7.65. The second-order valence-electron chi connectivity index (χ2n) is 10.2. The molecule has 1 amide bonds. The van der Waals surface area contributed by atoms with Crippen LogP contribution in [0.2, 0.25) is 0 Å². The van der Waals surface area contributed by atoms with Crippen molar-refractivity contribution in [2.45, 2.75) is 50.5 Å². The molecule has 0 spiro atoms. The first-order valence-corrected chi connectivity index (χ1v) is 13.0. The van der Waals surface area contributed by atoms with E-state index in [-0.39, 0.29) is 23.4 Å². The molecule has 1 saturated heterocycles. The number of piperidine rings is 1. The fourth-order valence-corrected chi connectivity index (χ4v) is 5.23. The van der Waals surface area contributed by atoms with Crippen LogP contribution in [0.25, 0.3) is 28.2 Å². The lowest BCUT2D eigenvalue weighted by Crippen LogP contribution is -2.44. The van der Waals surface area contributed by atoms with Gasteiger partial charge in [0.1, 0.15) is 17.1 Å². The molecule has 2 aliphatic rings. The van der Waals surface area contributed by atoms with Crippen LogP contribution in [0, 0.1) is 0 Å². The molecule has 1 aliphatic heterocycles. The second-order valence-corrected chi connectivity index (χ2v) is 10.2. The van der Waals surface area contributed by atoms with Gasteiger partial charge >= 0.3 is 0 Å². The Kier molecular flexibility index (Phi) is 5.75. The Hall–Kier alpha value is -4.12. The van der Waals surface area contributed by atoms with Crippen LogP contribution in [0.5, 0.6) is 0 Å². The van der Waals surface area contributed by atoms with Gasteiger partial charge in [-0.15, -0.1) is 0 Å². The molecule has 3 N–H and O–H groups in total. The molecule has 0 bridgehead atoms. The van der Waals surface area contributed by atoms with Gasteiger partial charge in [-0.3, -0.25) is 19.3 Å². The zero-order chi connectivity index (χ0) is 26.6. The van der Waals surface area contributed by atoms with Crippen molar-refractivity contribution in [3.63, 3.8) is 0 Å². The standard InChI is InChI=1S/C27H30N8O3/c1-3-21(36)22-23(16-6-12-34(13-7-16)26(37)27(38)9-10-27)31-25-18(15-30-35(25)24(22)28)17-4-5-19(29-14-17)20-8-11-33(2)32-20/h4-5,8,11,14-16,38H,3,6-7,9-10,12-13,28H2,1-2H3. The minimum atomic E-state index is -1.18. The van der Waals surface area contributed by atoms with Crippen molar-refractivity contribution in [1.29, 1.82) is 0 Å². The normalized spacial score (nSPS) is 17.2. The van der Waals surface area contributed by atoms with Crippen LogP contribution in [0.3, 0.4) is 0 Å². The number of aliphatic hydroxyl groups is 1. The van der Waals surface area contributed by atoms with Crippen LogP contribution in [-0.2, 0) is 11.8 Å². The highest BCUT2D eigenvalue weighted by molar-refractivity contribution is 6.02. The number of nitrogens with zero attached hydrogens (tertiary/aromatic N) is 7. The largest absolute Gasteiger partial charge is 0.383 e. The molecule has 1 aliphatic carbocycles. The average Bonchev–Trinajstić information content (AvgIpc) is 3.32. The molecule has 38 heavy (non-hydrogen) atoms. The lowest BCUT2D eigenvalue weighted by molar-refractivity contribution is -0.143. The molecule has 4 aromatic heterocycles. The fourth-order valence-electron chi connectivity index (χ4n) is 5.23. The fraction of sp³-hybridized carbons (Fsp3) is 0.407. The number of anilines is 1. The van der Waals surface area contributed by atoms with Crippen LogP contribution < -0.4 is 5.73 Å². The number of rotatable bonds is 6. The van der Waals surface area contributed by atoms with E-state index in [0.717, 1.165) is 22.5 Å². The predicted octanol–water partition coefficient (Wildman–Crippen LogP) is 2.60. The maximum Gasteiger partial charge on any atom is 0.254 e. The smallest absolute Gasteiger partial charge is 0.254 e. The number of Topliss-reactive ketones (excluding diaryl/α,β-unsaturated/α-hetero) is 1. The Bertz CT molecular complexity index is 1540. The van der Waals surface area contributed by atoms with E-state index in [1.807, 2.05) is 31.4 Å². The molecule has 2 fully saturated rings. The topological polar surface area (TPSA) is 145 Å². The van der Waals surface area contributed by atoms with Crippen molar-refractivity contribution in [2.75, 3.05) is 18.8 Å². The summed E-state index contributed by atoms with van der Waals surface area (Å²) in [5, 5.41) is 19.1. The number of nitrogens with two attached hydrogens (primary N) is 1. The minimum Gasteiger partial charge on any atom is -0.383 e. The van der Waals surface area contributed by atoms with Crippen molar-refractivity contribution < 1.29 is 14.7 Å². The highest BCUT2D eigenvalue weighted by Gasteiger charge is 2.50. The van der Waals surface area contributed by atoms with Crippen molar-refractivity contribution in [1.82, 2.24) is 34.3 Å². The number of carbonyl (C=O) groups excluding carboxylic acids is 2. The van der Waals surface area contributed by atoms with Crippen LogP contribution in [0.4, 0.5) is 5.82 Å². The number of likely N-dealkylation sites (tertiary alicyclic amines) is 1. The number of amides is 1. The van der Waals surface area contributed by atoms with E-state index in [1.54, 1.807) is 28.9 Å². The quantitative estimate of drug-likeness (QED) is 0.374. The summed E-state index contributed by atoms with van der Waals surface area (Å²) in [4.78, 5) is 36.9. The molecule has 0 aromatic carbocycles. The molecule has 0 unspecified atom stereocenters. The van der Waals surface area contributed by atoms with Gasteiger partial charge < -0.3 is 15.7 Å². The van der Waals surface area contributed by atoms with Gasteiger partial charge in [-0.1, -0.05) is 13.0 Å². The summed E-state index contributed by atoms with van der Waals surface area (Å²) >= 11 is 0. The molecule has 196 valence electrons. The van der Waals surface area contributed by atoms with E-state index in [2.05, 4.69) is 15.2 Å². The highest BCUT2D eigenvalue weighted by Crippen LogP contribution is 2.40. The van der Waals surface area contributed by atoms with E-state index in [4.69, 9.17) is 10.7 Å². The molecule has 1 saturated carbocycles. The van der Waals surface area contributed by atoms with Crippen LogP contribution in [0.1, 0.15) is 61.0 Å². The SMILES string of the molecule is CCC(=O)c1c(C2CCN(C(=O)C3(O)CC3)CC2)nc2c(-c3ccc(-c4ccn(C)n4)nc3)cnn2c1N. The maximum absolute atomic E-state index is 13.0. The van der Waals surface area contributed by atoms with Crippen molar-refractivity contribution in [2.24, 2.45) is 7.05 Å². The number of fused-ring (bicyclic) bond motifs is 1. The van der Waals surface area contributed by atoms with Gasteiger partial charge in [0.2, 0.25) is 0 Å². The summed E-state index contributed by atoms with van der Waals surface area (Å²) in [6, 6.07) is 5.76. The van der Waals surface area contributed by atoms with E-state index < -0.39 is 5.60 Å². The average molecular weight is 515 g/mol. The third kappa shape index (κ3) is 4.03. The maximum atomic E-state index is 13.0. The summed E-state index contributed by atoms with van der Waals surface area (Å²) in [7, 11) is 1.86. The Labute approximate surface area is 219 Å². The first kappa shape index (κ1) is 24.2. The first-order valence-electron chi connectivity index (χ1n) is 13.0. The Morgan fingerprint density at radius 3 is 2.50 bits per heavy atom. The summed E-state index contributed by atoms with van der Waals surface area (Å²) < 4.78 is 3.25. The Morgan fingerprint density at radius 1 is 1.13 bits per heavy atom. The van der Waals surface area contributed by atoms with Gasteiger partial charge in [0.15, 0.2) is 11.4 Å². The van der Waals surface area contributed by atoms with Gasteiger partial charge in [0, 0.05) is 56.0 Å². The van der Waals surface area contributed by atoms with E-state index in [0.29, 0.717) is 62.1 Å². The van der Waals surface area contributed by atoms with Crippen LogP contribution in [-0.4, -0.2) is 69.7 Å². The number of ketones is 1. The van der Waals surface area contributed by atoms with Crippen molar-refractivity contribution in [3.05, 3.63) is 48.0 Å².